The zero-order valence-corrected chi connectivity index (χ0v) is 13.3. The second kappa shape index (κ2) is 7.94. The first-order valence-electron chi connectivity index (χ1n) is 7.84. The first kappa shape index (κ1) is 15.7. The van der Waals surface area contributed by atoms with Crippen LogP contribution in [0.1, 0.15) is 42.9 Å². The van der Waals surface area contributed by atoms with Gasteiger partial charge in [0, 0.05) is 18.4 Å². The average molecular weight is 282 g/mol. The van der Waals surface area contributed by atoms with Crippen molar-refractivity contribution in [1.82, 2.24) is 10.3 Å². The summed E-state index contributed by atoms with van der Waals surface area (Å²) in [4.78, 5) is 4.07. The van der Waals surface area contributed by atoms with Crippen LogP contribution in [-0.4, -0.2) is 18.1 Å². The van der Waals surface area contributed by atoms with Crippen LogP contribution in [0, 0.1) is 0 Å². The van der Waals surface area contributed by atoms with Gasteiger partial charge in [-0.05, 0) is 61.1 Å². The zero-order valence-electron chi connectivity index (χ0n) is 13.3. The van der Waals surface area contributed by atoms with Crippen molar-refractivity contribution in [2.24, 2.45) is 0 Å². The standard InChI is InChI=1S/C19H26N2/c1-15(2)18-7-4-17(5-8-18)14-19(20-3)9-6-16-10-12-21-13-11-16/h4-5,7-8,10-13,15,19-20H,6,9,14H2,1-3H3. The fourth-order valence-electron chi connectivity index (χ4n) is 2.56. The van der Waals surface area contributed by atoms with Gasteiger partial charge < -0.3 is 5.32 Å². The third-order valence-electron chi connectivity index (χ3n) is 4.07. The maximum atomic E-state index is 4.07. The molecule has 0 bridgehead atoms. The topological polar surface area (TPSA) is 24.9 Å². The number of aryl methyl sites for hydroxylation is 1. The lowest BCUT2D eigenvalue weighted by Gasteiger charge is -2.17. The van der Waals surface area contributed by atoms with E-state index in [0.29, 0.717) is 12.0 Å². The predicted octanol–water partition coefficient (Wildman–Crippen LogP) is 3.97. The van der Waals surface area contributed by atoms with E-state index in [0.717, 1.165) is 19.3 Å². The summed E-state index contributed by atoms with van der Waals surface area (Å²) in [5, 5.41) is 3.44. The van der Waals surface area contributed by atoms with Crippen LogP contribution < -0.4 is 5.32 Å². The van der Waals surface area contributed by atoms with Gasteiger partial charge in [-0.2, -0.15) is 0 Å². The van der Waals surface area contributed by atoms with E-state index in [4.69, 9.17) is 0 Å². The van der Waals surface area contributed by atoms with Gasteiger partial charge >= 0.3 is 0 Å². The van der Waals surface area contributed by atoms with Gasteiger partial charge in [-0.1, -0.05) is 38.1 Å². The van der Waals surface area contributed by atoms with Crippen molar-refractivity contribution in [2.45, 2.75) is 45.1 Å². The molecule has 1 N–H and O–H groups in total. The van der Waals surface area contributed by atoms with E-state index in [1.54, 1.807) is 0 Å². The van der Waals surface area contributed by atoms with Gasteiger partial charge in [0.05, 0.1) is 0 Å². The first-order chi connectivity index (χ1) is 10.2. The van der Waals surface area contributed by atoms with E-state index < -0.39 is 0 Å². The maximum absolute atomic E-state index is 4.07. The predicted molar refractivity (Wildman–Crippen MR) is 89.6 cm³/mol. The minimum Gasteiger partial charge on any atom is -0.317 e. The van der Waals surface area contributed by atoms with Crippen LogP contribution in [0.25, 0.3) is 0 Å². The van der Waals surface area contributed by atoms with Gasteiger partial charge in [0.25, 0.3) is 0 Å². The van der Waals surface area contributed by atoms with Gasteiger partial charge in [0.15, 0.2) is 0 Å². The Kier molecular flexibility index (Phi) is 5.94. The van der Waals surface area contributed by atoms with Crippen molar-refractivity contribution in [3.8, 4) is 0 Å². The molecule has 112 valence electrons. The third-order valence-corrected chi connectivity index (χ3v) is 4.07. The summed E-state index contributed by atoms with van der Waals surface area (Å²) in [7, 11) is 2.06. The van der Waals surface area contributed by atoms with E-state index in [9.17, 15) is 0 Å². The van der Waals surface area contributed by atoms with Crippen molar-refractivity contribution in [3.05, 3.63) is 65.5 Å². The van der Waals surface area contributed by atoms with Crippen LogP contribution in [-0.2, 0) is 12.8 Å². The monoisotopic (exact) mass is 282 g/mol. The summed E-state index contributed by atoms with van der Waals surface area (Å²) in [5.74, 6) is 0.603. The van der Waals surface area contributed by atoms with Crippen LogP contribution in [0.15, 0.2) is 48.8 Å². The Balaban J connectivity index is 1.89. The number of hydrogen-bond donors (Lipinski definition) is 1. The highest BCUT2D eigenvalue weighted by atomic mass is 14.9. The molecule has 1 aromatic carbocycles. The van der Waals surface area contributed by atoms with E-state index >= 15 is 0 Å². The van der Waals surface area contributed by atoms with Gasteiger partial charge in [-0.15, -0.1) is 0 Å². The van der Waals surface area contributed by atoms with Crippen LogP contribution in [0.4, 0.5) is 0 Å². The summed E-state index contributed by atoms with van der Waals surface area (Å²) in [6.07, 6.45) is 7.06. The normalized spacial score (nSPS) is 12.6. The smallest absolute Gasteiger partial charge is 0.0270 e. The van der Waals surface area contributed by atoms with Gasteiger partial charge in [-0.3, -0.25) is 4.98 Å². The molecule has 2 aromatic rings. The van der Waals surface area contributed by atoms with Crippen molar-refractivity contribution in [2.75, 3.05) is 7.05 Å². The lowest BCUT2D eigenvalue weighted by atomic mass is 9.96. The van der Waals surface area contributed by atoms with Crippen LogP contribution >= 0.6 is 0 Å². The molecular weight excluding hydrogens is 256 g/mol. The summed E-state index contributed by atoms with van der Waals surface area (Å²) in [6, 6.07) is 13.8. The molecule has 0 spiro atoms. The van der Waals surface area contributed by atoms with Crippen molar-refractivity contribution >= 4 is 0 Å². The minimum absolute atomic E-state index is 0.517. The Morgan fingerprint density at radius 2 is 1.62 bits per heavy atom. The number of aromatic nitrogens is 1. The Morgan fingerprint density at radius 3 is 2.19 bits per heavy atom. The number of hydrogen-bond acceptors (Lipinski definition) is 2. The summed E-state index contributed by atoms with van der Waals surface area (Å²) < 4.78 is 0. The number of nitrogens with one attached hydrogen (secondary N) is 1. The highest BCUT2D eigenvalue weighted by Crippen LogP contribution is 2.16. The van der Waals surface area contributed by atoms with Crippen LogP contribution in [0.3, 0.4) is 0 Å². The lowest BCUT2D eigenvalue weighted by molar-refractivity contribution is 0.520. The van der Waals surface area contributed by atoms with E-state index in [1.165, 1.54) is 16.7 Å². The molecule has 0 saturated heterocycles. The summed E-state index contributed by atoms with van der Waals surface area (Å²) in [6.45, 7) is 4.47. The van der Waals surface area contributed by atoms with Crippen molar-refractivity contribution in [3.63, 3.8) is 0 Å². The highest BCUT2D eigenvalue weighted by Gasteiger charge is 2.08. The number of rotatable bonds is 7. The van der Waals surface area contributed by atoms with Gasteiger partial charge in [0.1, 0.15) is 0 Å². The molecule has 0 aliphatic heterocycles. The Hall–Kier alpha value is -1.67. The Bertz CT molecular complexity index is 517. The highest BCUT2D eigenvalue weighted by molar-refractivity contribution is 5.25. The summed E-state index contributed by atoms with van der Waals surface area (Å²) in [5.41, 5.74) is 4.19. The van der Waals surface area contributed by atoms with Crippen molar-refractivity contribution in [1.29, 1.82) is 0 Å². The SMILES string of the molecule is CNC(CCc1ccncc1)Cc1ccc(C(C)C)cc1. The second-order valence-corrected chi connectivity index (χ2v) is 5.98. The van der Waals surface area contributed by atoms with Gasteiger partial charge in [-0.25, -0.2) is 0 Å². The fourth-order valence-corrected chi connectivity index (χ4v) is 2.56. The Morgan fingerprint density at radius 1 is 0.952 bits per heavy atom. The quantitative estimate of drug-likeness (QED) is 0.831. The molecule has 1 heterocycles. The van der Waals surface area contributed by atoms with Crippen LogP contribution in [0.5, 0.6) is 0 Å². The average Bonchev–Trinajstić information content (AvgIpc) is 2.53. The second-order valence-electron chi connectivity index (χ2n) is 5.98. The largest absolute Gasteiger partial charge is 0.317 e. The first-order valence-corrected chi connectivity index (χ1v) is 7.84. The molecule has 0 amide bonds. The molecule has 0 radical (unpaired) electrons. The lowest BCUT2D eigenvalue weighted by Crippen LogP contribution is -2.28. The molecule has 1 unspecified atom stereocenters. The number of nitrogens with zero attached hydrogens (tertiary/aromatic N) is 1. The van der Waals surface area contributed by atoms with E-state index in [1.807, 2.05) is 12.4 Å². The molecule has 2 heteroatoms. The van der Waals surface area contributed by atoms with Gasteiger partial charge in [0.2, 0.25) is 0 Å². The number of benzene rings is 1. The molecule has 0 fully saturated rings. The molecule has 1 atom stereocenters. The molecular formula is C19H26N2. The molecule has 21 heavy (non-hydrogen) atoms. The molecule has 1 aromatic heterocycles. The number of likely N-dealkylation sites (N-methyl/N-ethyl adjacent to an activating group) is 1. The fraction of sp³-hybridized carbons (Fsp3) is 0.421. The molecule has 0 aliphatic carbocycles. The molecule has 0 saturated carbocycles. The summed E-state index contributed by atoms with van der Waals surface area (Å²) >= 11 is 0. The van der Waals surface area contributed by atoms with Crippen molar-refractivity contribution < 1.29 is 0 Å². The maximum Gasteiger partial charge on any atom is 0.0270 e. The van der Waals surface area contributed by atoms with E-state index in [-0.39, 0.29) is 0 Å². The number of pyridine rings is 1. The zero-order chi connectivity index (χ0) is 15.1. The van der Waals surface area contributed by atoms with E-state index in [2.05, 4.69) is 67.6 Å². The van der Waals surface area contributed by atoms with Crippen LogP contribution in [0.2, 0.25) is 0 Å². The molecule has 2 rings (SSSR count). The third kappa shape index (κ3) is 4.98. The Labute approximate surface area is 128 Å². The minimum atomic E-state index is 0.517. The molecule has 2 nitrogen and oxygen atoms in total. The molecule has 0 aliphatic rings.